The average molecular weight is 338 g/mol. The minimum atomic E-state index is -3.71. The summed E-state index contributed by atoms with van der Waals surface area (Å²) in [5.41, 5.74) is 0. The monoisotopic (exact) mass is 336 g/mol. The third-order valence-corrected chi connectivity index (χ3v) is 3.36. The fourth-order valence-corrected chi connectivity index (χ4v) is 2.83. The number of phosphoric ester groups is 1. The topological polar surface area (TPSA) is 44.8 Å². The van der Waals surface area contributed by atoms with E-state index in [9.17, 15) is 4.57 Å². The molecular formula is C10H16Cl3O4P. The van der Waals surface area contributed by atoms with Crippen molar-refractivity contribution >= 4 is 42.6 Å². The fraction of sp³-hybridized carbons (Fsp3) is 0.600. The second-order valence-corrected chi connectivity index (χ2v) is 6.77. The summed E-state index contributed by atoms with van der Waals surface area (Å²) in [6, 6.07) is 0. The summed E-state index contributed by atoms with van der Waals surface area (Å²) in [5.74, 6) is 0. The predicted octanol–water partition coefficient (Wildman–Crippen LogP) is 5.36. The molecule has 0 N–H and O–H groups in total. The van der Waals surface area contributed by atoms with Crippen molar-refractivity contribution in [2.24, 2.45) is 0 Å². The maximum atomic E-state index is 12.2. The zero-order chi connectivity index (χ0) is 14.3. The van der Waals surface area contributed by atoms with E-state index < -0.39 is 7.82 Å². The van der Waals surface area contributed by atoms with E-state index in [1.165, 1.54) is 6.08 Å². The van der Waals surface area contributed by atoms with Gasteiger partial charge in [-0.3, -0.25) is 9.05 Å². The molecule has 0 aliphatic rings. The molecule has 0 spiro atoms. The van der Waals surface area contributed by atoms with Gasteiger partial charge in [0.15, 0.2) is 0 Å². The van der Waals surface area contributed by atoms with Crippen molar-refractivity contribution in [2.75, 3.05) is 0 Å². The molecule has 0 bridgehead atoms. The highest BCUT2D eigenvalue weighted by Gasteiger charge is 2.30. The van der Waals surface area contributed by atoms with Crippen LogP contribution in [0, 0.1) is 0 Å². The van der Waals surface area contributed by atoms with E-state index in [2.05, 4.69) is 0 Å². The second kappa shape index (κ2) is 8.47. The van der Waals surface area contributed by atoms with Crippen LogP contribution in [0.5, 0.6) is 0 Å². The van der Waals surface area contributed by atoms with Gasteiger partial charge < -0.3 is 4.52 Å². The van der Waals surface area contributed by atoms with Gasteiger partial charge in [0.1, 0.15) is 10.8 Å². The van der Waals surface area contributed by atoms with Crippen LogP contribution >= 0.6 is 42.6 Å². The quantitative estimate of drug-likeness (QED) is 0.356. The van der Waals surface area contributed by atoms with Gasteiger partial charge in [-0.1, -0.05) is 34.8 Å². The molecule has 8 heteroatoms. The first-order chi connectivity index (χ1) is 8.14. The van der Waals surface area contributed by atoms with Gasteiger partial charge in [-0.05, 0) is 33.8 Å². The molecule has 0 rings (SSSR count). The number of phosphoric acid groups is 1. The third kappa shape index (κ3) is 9.26. The molecule has 0 aromatic heterocycles. The van der Waals surface area contributed by atoms with Crippen LogP contribution in [0.2, 0.25) is 0 Å². The molecule has 0 atom stereocenters. The molecule has 0 aromatic carbocycles. The highest BCUT2D eigenvalue weighted by atomic mass is 35.5. The Hall–Kier alpha value is 0.300. The van der Waals surface area contributed by atoms with E-state index in [0.29, 0.717) is 0 Å². The van der Waals surface area contributed by atoms with Crippen molar-refractivity contribution < 1.29 is 18.1 Å². The van der Waals surface area contributed by atoms with Crippen LogP contribution in [0.25, 0.3) is 0 Å². The molecule has 0 amide bonds. The second-order valence-electron chi connectivity index (χ2n) is 3.80. The van der Waals surface area contributed by atoms with Gasteiger partial charge in [0, 0.05) is 0 Å². The van der Waals surface area contributed by atoms with E-state index in [0.717, 1.165) is 6.26 Å². The molecule has 18 heavy (non-hydrogen) atoms. The van der Waals surface area contributed by atoms with E-state index in [4.69, 9.17) is 48.4 Å². The van der Waals surface area contributed by atoms with Crippen LogP contribution in [-0.2, 0) is 18.1 Å². The lowest BCUT2D eigenvalue weighted by Gasteiger charge is -2.20. The third-order valence-electron chi connectivity index (χ3n) is 1.22. The summed E-state index contributed by atoms with van der Waals surface area (Å²) >= 11 is 16.5. The lowest BCUT2D eigenvalue weighted by molar-refractivity contribution is 0.0935. The van der Waals surface area contributed by atoms with E-state index in [-0.39, 0.29) is 21.7 Å². The molecule has 0 aliphatic heterocycles. The van der Waals surface area contributed by atoms with Crippen LogP contribution in [0.15, 0.2) is 21.9 Å². The SMILES string of the molecule is CC(C)OP(=O)(OC=C(Cl)C=C(Cl)Cl)OC(C)C. The van der Waals surface area contributed by atoms with Crippen molar-refractivity contribution in [3.8, 4) is 0 Å². The van der Waals surface area contributed by atoms with Crippen molar-refractivity contribution in [2.45, 2.75) is 39.9 Å². The maximum Gasteiger partial charge on any atom is 0.530 e. The molecule has 0 heterocycles. The highest BCUT2D eigenvalue weighted by Crippen LogP contribution is 2.52. The lowest BCUT2D eigenvalue weighted by atomic mass is 10.5. The number of allylic oxidation sites excluding steroid dienone is 2. The van der Waals surface area contributed by atoms with Crippen molar-refractivity contribution in [3.05, 3.63) is 21.9 Å². The molecule has 0 fully saturated rings. The van der Waals surface area contributed by atoms with Crippen LogP contribution in [0.3, 0.4) is 0 Å². The largest absolute Gasteiger partial charge is 0.530 e. The molecule has 106 valence electrons. The van der Waals surface area contributed by atoms with Gasteiger partial charge in [0.2, 0.25) is 0 Å². The van der Waals surface area contributed by atoms with Crippen molar-refractivity contribution in [1.29, 1.82) is 0 Å². The first-order valence-electron chi connectivity index (χ1n) is 5.18. The Morgan fingerprint density at radius 1 is 1.06 bits per heavy atom. The summed E-state index contributed by atoms with van der Waals surface area (Å²) < 4.78 is 27.3. The van der Waals surface area contributed by atoms with Crippen LogP contribution in [0.1, 0.15) is 27.7 Å². The highest BCUT2D eigenvalue weighted by molar-refractivity contribution is 7.48. The predicted molar refractivity (Wildman–Crippen MR) is 74.9 cm³/mol. The summed E-state index contributed by atoms with van der Waals surface area (Å²) in [6.07, 6.45) is 1.58. The first-order valence-corrected chi connectivity index (χ1v) is 7.77. The standard InChI is InChI=1S/C10H16Cl3O4P/c1-7(2)16-18(14,17-8(3)4)15-6-9(11)5-10(12)13/h5-8H,1-4H3. The van der Waals surface area contributed by atoms with Gasteiger partial charge in [0.25, 0.3) is 0 Å². The van der Waals surface area contributed by atoms with E-state index in [1.54, 1.807) is 27.7 Å². The molecule has 0 radical (unpaired) electrons. The Bertz CT molecular complexity index is 348. The Morgan fingerprint density at radius 3 is 1.83 bits per heavy atom. The van der Waals surface area contributed by atoms with Gasteiger partial charge in [-0.25, -0.2) is 4.57 Å². The van der Waals surface area contributed by atoms with Crippen molar-refractivity contribution in [3.63, 3.8) is 0 Å². The minimum Gasteiger partial charge on any atom is -0.410 e. The van der Waals surface area contributed by atoms with Crippen molar-refractivity contribution in [1.82, 2.24) is 0 Å². The lowest BCUT2D eigenvalue weighted by Crippen LogP contribution is -2.08. The first kappa shape index (κ1) is 18.3. The molecule has 0 unspecified atom stereocenters. The molecule has 0 aromatic rings. The van der Waals surface area contributed by atoms with E-state index in [1.807, 2.05) is 0 Å². The molecule has 0 aliphatic carbocycles. The number of hydrogen-bond acceptors (Lipinski definition) is 4. The Morgan fingerprint density at radius 2 is 1.50 bits per heavy atom. The van der Waals surface area contributed by atoms with E-state index >= 15 is 0 Å². The fourth-order valence-electron chi connectivity index (χ4n) is 0.844. The Labute approximate surface area is 122 Å². The van der Waals surface area contributed by atoms with Gasteiger partial charge in [0.05, 0.1) is 17.2 Å². The normalized spacial score (nSPS) is 13.1. The smallest absolute Gasteiger partial charge is 0.410 e. The minimum absolute atomic E-state index is 0.0516. The van der Waals surface area contributed by atoms with Gasteiger partial charge in [-0.2, -0.15) is 0 Å². The maximum absolute atomic E-state index is 12.2. The molecule has 0 saturated carbocycles. The summed E-state index contributed by atoms with van der Waals surface area (Å²) in [4.78, 5) is 0. The molecular weight excluding hydrogens is 321 g/mol. The molecule has 4 nitrogen and oxygen atoms in total. The van der Waals surface area contributed by atoms with Crippen LogP contribution in [-0.4, -0.2) is 12.2 Å². The Kier molecular flexibility index (Phi) is 8.61. The zero-order valence-electron chi connectivity index (χ0n) is 10.5. The number of halogens is 3. The Balaban J connectivity index is 4.80. The molecule has 0 saturated heterocycles. The number of rotatable bonds is 7. The summed E-state index contributed by atoms with van der Waals surface area (Å²) in [5, 5.41) is 0.0648. The van der Waals surface area contributed by atoms with Gasteiger partial charge in [-0.15, -0.1) is 0 Å². The van der Waals surface area contributed by atoms with Crippen LogP contribution in [0.4, 0.5) is 0 Å². The van der Waals surface area contributed by atoms with Gasteiger partial charge >= 0.3 is 7.82 Å². The number of hydrogen-bond donors (Lipinski definition) is 0. The summed E-state index contributed by atoms with van der Waals surface area (Å²) in [6.45, 7) is 6.84. The summed E-state index contributed by atoms with van der Waals surface area (Å²) in [7, 11) is -3.71. The zero-order valence-corrected chi connectivity index (χ0v) is 13.7. The average Bonchev–Trinajstić information content (AvgIpc) is 2.11. The van der Waals surface area contributed by atoms with Crippen LogP contribution < -0.4 is 0 Å².